The molecule has 0 saturated heterocycles. The van der Waals surface area contributed by atoms with Crippen LogP contribution in [0.4, 0.5) is 0 Å². The smallest absolute Gasteiger partial charge is 0.338 e. The summed E-state index contributed by atoms with van der Waals surface area (Å²) in [6.07, 6.45) is 1.62. The predicted molar refractivity (Wildman–Crippen MR) is 161 cm³/mol. The molecule has 0 fully saturated rings. The third kappa shape index (κ3) is 5.00. The van der Waals surface area contributed by atoms with Gasteiger partial charge in [-0.05, 0) is 107 Å². The number of rotatable bonds is 5. The van der Waals surface area contributed by atoms with Crippen LogP contribution in [0.2, 0.25) is 5.02 Å². The molecule has 4 aromatic rings. The van der Waals surface area contributed by atoms with Gasteiger partial charge in [0.2, 0.25) is 0 Å². The second-order valence-corrected chi connectivity index (χ2v) is 12.0. The molecule has 0 unspecified atom stereocenters. The summed E-state index contributed by atoms with van der Waals surface area (Å²) < 4.78 is 9.93. The quantitative estimate of drug-likeness (QED) is 0.281. The summed E-state index contributed by atoms with van der Waals surface area (Å²) in [6, 6.07) is 15.0. The fourth-order valence-electron chi connectivity index (χ4n) is 5.16. The predicted octanol–water partition coefficient (Wildman–Crippen LogP) is 5.86. The van der Waals surface area contributed by atoms with Gasteiger partial charge in [0, 0.05) is 22.1 Å². The molecule has 0 bridgehead atoms. The zero-order valence-corrected chi connectivity index (χ0v) is 25.3. The number of hydrogen-bond acceptors (Lipinski definition) is 5. The molecule has 0 spiro atoms. The average Bonchev–Trinajstić information content (AvgIpc) is 3.34. The Morgan fingerprint density at radius 2 is 1.73 bits per heavy atom. The molecule has 1 atom stereocenters. The summed E-state index contributed by atoms with van der Waals surface area (Å²) >= 11 is 7.49. The van der Waals surface area contributed by atoms with E-state index in [1.807, 2.05) is 18.2 Å². The van der Waals surface area contributed by atoms with Crippen LogP contribution < -0.4 is 14.9 Å². The number of carbonyl (C=O) groups is 1. The van der Waals surface area contributed by atoms with Gasteiger partial charge in [-0.25, -0.2) is 9.79 Å². The van der Waals surface area contributed by atoms with Gasteiger partial charge in [-0.15, -0.1) is 0 Å². The number of carbonyl (C=O) groups excluding carboxylic acids is 1. The highest BCUT2D eigenvalue weighted by molar-refractivity contribution is 7.07. The molecular weight excluding hydrogens is 542 g/mol. The highest BCUT2D eigenvalue weighted by Gasteiger charge is 2.33. The first-order chi connectivity index (χ1) is 19.0. The maximum Gasteiger partial charge on any atom is 0.338 e. The highest BCUT2D eigenvalue weighted by atomic mass is 35.5. The lowest BCUT2D eigenvalue weighted by Gasteiger charge is -2.25. The summed E-state index contributed by atoms with van der Waals surface area (Å²) in [4.78, 5) is 32.5. The number of aryl methyl sites for hydroxylation is 3. The van der Waals surface area contributed by atoms with E-state index in [4.69, 9.17) is 21.3 Å². The van der Waals surface area contributed by atoms with E-state index in [0.29, 0.717) is 25.6 Å². The van der Waals surface area contributed by atoms with E-state index in [9.17, 15) is 9.59 Å². The van der Waals surface area contributed by atoms with Crippen LogP contribution in [0.15, 0.2) is 69.6 Å². The molecule has 0 N–H and O–H groups in total. The van der Waals surface area contributed by atoms with Crippen molar-refractivity contribution < 1.29 is 9.53 Å². The van der Waals surface area contributed by atoms with Crippen molar-refractivity contribution in [1.82, 2.24) is 9.13 Å². The summed E-state index contributed by atoms with van der Waals surface area (Å²) in [6.45, 7) is 13.7. The molecule has 0 saturated carbocycles. The number of allylic oxidation sites excluding steroid dienone is 1. The summed E-state index contributed by atoms with van der Waals surface area (Å²) in [5.74, 6) is -0.484. The molecule has 0 amide bonds. The van der Waals surface area contributed by atoms with E-state index >= 15 is 0 Å². The van der Waals surface area contributed by atoms with Crippen LogP contribution in [-0.2, 0) is 9.53 Å². The standard InChI is InChI=1S/C32H32ClN3O3S/c1-17(2)39-31(38)28-21(6)34-32-36(29(28)23-9-11-25(33)12-10-23)30(37)27(40-32)16-24-15-20(5)35(22(24)7)26-13-8-18(3)19(4)14-26/h8-17,29H,1-7H3/b27-16+/t29-/m0/s1. The Hall–Kier alpha value is -3.68. The molecule has 0 aliphatic carbocycles. The molecule has 5 rings (SSSR count). The highest BCUT2D eigenvalue weighted by Crippen LogP contribution is 2.31. The minimum atomic E-state index is -0.676. The minimum Gasteiger partial charge on any atom is -0.459 e. The Bertz CT molecular complexity index is 1860. The van der Waals surface area contributed by atoms with Gasteiger partial charge >= 0.3 is 5.97 Å². The number of aromatic nitrogens is 2. The number of halogens is 1. The second kappa shape index (κ2) is 10.7. The molecule has 6 nitrogen and oxygen atoms in total. The first-order valence-electron chi connectivity index (χ1n) is 13.2. The Balaban J connectivity index is 1.68. The van der Waals surface area contributed by atoms with Gasteiger partial charge in [0.05, 0.1) is 27.9 Å². The fourth-order valence-corrected chi connectivity index (χ4v) is 6.32. The van der Waals surface area contributed by atoms with Gasteiger partial charge in [0.15, 0.2) is 4.80 Å². The monoisotopic (exact) mass is 573 g/mol. The van der Waals surface area contributed by atoms with Crippen molar-refractivity contribution in [3.8, 4) is 5.69 Å². The van der Waals surface area contributed by atoms with Crippen LogP contribution in [0.25, 0.3) is 11.8 Å². The normalized spacial score (nSPS) is 15.4. The first kappa shape index (κ1) is 27.9. The lowest BCUT2D eigenvalue weighted by Crippen LogP contribution is -2.40. The second-order valence-electron chi connectivity index (χ2n) is 10.5. The van der Waals surface area contributed by atoms with Crippen LogP contribution in [0.3, 0.4) is 0 Å². The van der Waals surface area contributed by atoms with E-state index in [-0.39, 0.29) is 11.7 Å². The lowest BCUT2D eigenvalue weighted by molar-refractivity contribution is -0.143. The molecule has 0 radical (unpaired) electrons. The third-order valence-corrected chi connectivity index (χ3v) is 8.51. The largest absolute Gasteiger partial charge is 0.459 e. The van der Waals surface area contributed by atoms with Gasteiger partial charge in [-0.1, -0.05) is 41.1 Å². The zero-order valence-electron chi connectivity index (χ0n) is 23.7. The fraction of sp³-hybridized carbons (Fsp3) is 0.281. The summed E-state index contributed by atoms with van der Waals surface area (Å²) in [5.41, 5.74) is 8.07. The Morgan fingerprint density at radius 3 is 2.38 bits per heavy atom. The number of ether oxygens (including phenoxy) is 1. The summed E-state index contributed by atoms with van der Waals surface area (Å²) in [5, 5.41) is 0.572. The van der Waals surface area contributed by atoms with Gasteiger partial charge in [0.1, 0.15) is 0 Å². The van der Waals surface area contributed by atoms with E-state index in [1.54, 1.807) is 37.5 Å². The molecule has 1 aliphatic heterocycles. The number of esters is 1. The number of hydrogen-bond donors (Lipinski definition) is 0. The number of nitrogens with zero attached hydrogens (tertiary/aromatic N) is 3. The van der Waals surface area contributed by atoms with Crippen molar-refractivity contribution in [2.45, 2.75) is 60.6 Å². The third-order valence-electron chi connectivity index (χ3n) is 7.28. The van der Waals surface area contributed by atoms with Gasteiger partial charge in [-0.3, -0.25) is 9.36 Å². The van der Waals surface area contributed by atoms with Crippen LogP contribution in [0.5, 0.6) is 0 Å². The molecule has 2 aromatic heterocycles. The van der Waals surface area contributed by atoms with Crippen molar-refractivity contribution in [1.29, 1.82) is 0 Å². The SMILES string of the molecule is CC1=C(C(=O)OC(C)C)[C@H](c2ccc(Cl)cc2)n2c(s/c(=C/c3cc(C)n(-c4ccc(C)c(C)c4)c3C)c2=O)=N1. The maximum absolute atomic E-state index is 14.0. The number of benzene rings is 2. The molecule has 8 heteroatoms. The van der Waals surface area contributed by atoms with Crippen LogP contribution in [-0.4, -0.2) is 21.2 Å². The van der Waals surface area contributed by atoms with E-state index in [1.165, 1.54) is 22.5 Å². The van der Waals surface area contributed by atoms with Crippen molar-refractivity contribution in [3.05, 3.63) is 118 Å². The molecule has 40 heavy (non-hydrogen) atoms. The molecule has 1 aliphatic rings. The van der Waals surface area contributed by atoms with Crippen LogP contribution in [0.1, 0.15) is 60.5 Å². The zero-order chi connectivity index (χ0) is 28.9. The first-order valence-corrected chi connectivity index (χ1v) is 14.4. The Labute approximate surface area is 242 Å². The molecule has 206 valence electrons. The van der Waals surface area contributed by atoms with Gasteiger partial charge < -0.3 is 9.30 Å². The summed E-state index contributed by atoms with van der Waals surface area (Å²) in [7, 11) is 0. The molecule has 3 heterocycles. The molecular formula is C32H32ClN3O3S. The number of thiazole rings is 1. The Kier molecular flexibility index (Phi) is 7.46. The van der Waals surface area contributed by atoms with E-state index < -0.39 is 12.0 Å². The van der Waals surface area contributed by atoms with Gasteiger partial charge in [-0.2, -0.15) is 0 Å². The lowest BCUT2D eigenvalue weighted by atomic mass is 9.96. The minimum absolute atomic E-state index is 0.206. The van der Waals surface area contributed by atoms with E-state index in [2.05, 4.69) is 56.5 Å². The topological polar surface area (TPSA) is 65.6 Å². The van der Waals surface area contributed by atoms with Crippen molar-refractivity contribution in [3.63, 3.8) is 0 Å². The van der Waals surface area contributed by atoms with Crippen LogP contribution >= 0.6 is 22.9 Å². The van der Waals surface area contributed by atoms with Crippen molar-refractivity contribution in [2.24, 2.45) is 4.99 Å². The van der Waals surface area contributed by atoms with Gasteiger partial charge in [0.25, 0.3) is 5.56 Å². The average molecular weight is 574 g/mol. The Morgan fingerprint density at radius 1 is 1.02 bits per heavy atom. The van der Waals surface area contributed by atoms with Crippen molar-refractivity contribution in [2.75, 3.05) is 0 Å². The van der Waals surface area contributed by atoms with Crippen molar-refractivity contribution >= 4 is 35.0 Å². The van der Waals surface area contributed by atoms with Crippen LogP contribution in [0, 0.1) is 27.7 Å². The van der Waals surface area contributed by atoms with E-state index in [0.717, 1.165) is 28.2 Å². The maximum atomic E-state index is 14.0. The number of fused-ring (bicyclic) bond motifs is 1. The molecule has 2 aromatic carbocycles.